The fraction of sp³-hybridized carbons (Fsp3) is 0.419. The van der Waals surface area contributed by atoms with Gasteiger partial charge in [0.1, 0.15) is 5.82 Å². The van der Waals surface area contributed by atoms with E-state index in [0.717, 1.165) is 78.2 Å². The van der Waals surface area contributed by atoms with Gasteiger partial charge >= 0.3 is 5.97 Å². The summed E-state index contributed by atoms with van der Waals surface area (Å²) in [5.74, 6) is 1.16. The van der Waals surface area contributed by atoms with Gasteiger partial charge in [-0.3, -0.25) is 0 Å². The second kappa shape index (κ2) is 13.8. The highest BCUT2D eigenvalue weighted by Crippen LogP contribution is 2.29. The minimum atomic E-state index is -0.285. The second-order valence-corrected chi connectivity index (χ2v) is 9.57. The number of rotatable bonds is 13. The first-order valence-electron chi connectivity index (χ1n) is 13.5. The third kappa shape index (κ3) is 7.25. The Labute approximate surface area is 225 Å². The van der Waals surface area contributed by atoms with E-state index in [0.29, 0.717) is 31.7 Å². The van der Waals surface area contributed by atoms with Crippen molar-refractivity contribution >= 4 is 11.7 Å². The van der Waals surface area contributed by atoms with Gasteiger partial charge in [0.25, 0.3) is 0 Å². The first kappa shape index (κ1) is 27.5. The van der Waals surface area contributed by atoms with Crippen LogP contribution in [0.1, 0.15) is 73.7 Å². The van der Waals surface area contributed by atoms with Crippen LogP contribution in [0.4, 0.5) is 0 Å². The molecular formula is C31H37N3O4. The quantitative estimate of drug-likeness (QED) is 0.198. The molecule has 7 nitrogen and oxygen atoms in total. The number of carbonyl (C=O) groups excluding carboxylic acids is 1. The predicted molar refractivity (Wildman–Crippen MR) is 149 cm³/mol. The van der Waals surface area contributed by atoms with E-state index in [2.05, 4.69) is 47.4 Å². The summed E-state index contributed by atoms with van der Waals surface area (Å²) in [5.41, 5.74) is 7.26. The highest BCUT2D eigenvalue weighted by molar-refractivity contribution is 6.07. The number of benzene rings is 2. The van der Waals surface area contributed by atoms with Gasteiger partial charge in [-0.25, -0.2) is 9.78 Å². The maximum Gasteiger partial charge on any atom is 0.335 e. The van der Waals surface area contributed by atoms with Gasteiger partial charge in [-0.05, 0) is 49.3 Å². The van der Waals surface area contributed by atoms with Crippen molar-refractivity contribution in [2.24, 2.45) is 5.16 Å². The Bertz CT molecular complexity index is 1250. The number of hydrogen-bond acceptors (Lipinski definition) is 7. The SMILES string of the molecule is CCCCc1nc(C)nc(OCCCCOC)c1Cc1ccc(-c2ccccc2C2=NOC(=O)CC2)cc1. The van der Waals surface area contributed by atoms with Crippen LogP contribution >= 0.6 is 0 Å². The van der Waals surface area contributed by atoms with Crippen molar-refractivity contribution in [3.63, 3.8) is 0 Å². The van der Waals surface area contributed by atoms with Crippen LogP contribution in [0.2, 0.25) is 0 Å². The molecule has 0 saturated carbocycles. The standard InChI is InChI=1S/C31H37N3O4/c1-4-5-12-28-27(31(33-22(2)32-28)37-20-9-8-19-36-3)21-23-13-15-24(16-14-23)25-10-6-7-11-26(25)29-17-18-30(35)38-34-29/h6-7,10-11,13-16H,4-5,8-9,12,17-21H2,1-3H3. The molecule has 3 aromatic rings. The topological polar surface area (TPSA) is 82.9 Å². The van der Waals surface area contributed by atoms with Crippen LogP contribution in [0.25, 0.3) is 11.1 Å². The number of aromatic nitrogens is 2. The lowest BCUT2D eigenvalue weighted by molar-refractivity contribution is -0.144. The van der Waals surface area contributed by atoms with Crippen molar-refractivity contribution in [1.82, 2.24) is 9.97 Å². The van der Waals surface area contributed by atoms with E-state index in [9.17, 15) is 4.79 Å². The largest absolute Gasteiger partial charge is 0.477 e. The van der Waals surface area contributed by atoms with Crippen LogP contribution in [0.5, 0.6) is 5.88 Å². The Morgan fingerprint density at radius 3 is 2.39 bits per heavy atom. The molecule has 0 fully saturated rings. The number of aryl methyl sites for hydroxylation is 2. The van der Waals surface area contributed by atoms with Crippen LogP contribution in [-0.4, -0.2) is 42.0 Å². The molecule has 1 aliphatic heterocycles. The smallest absolute Gasteiger partial charge is 0.335 e. The molecular weight excluding hydrogens is 478 g/mol. The third-order valence-electron chi connectivity index (χ3n) is 6.62. The lowest BCUT2D eigenvalue weighted by Gasteiger charge is -2.16. The van der Waals surface area contributed by atoms with E-state index in [4.69, 9.17) is 19.3 Å². The highest BCUT2D eigenvalue weighted by atomic mass is 16.7. The zero-order valence-corrected chi connectivity index (χ0v) is 22.7. The molecule has 4 rings (SSSR count). The monoisotopic (exact) mass is 515 g/mol. The molecule has 0 atom stereocenters. The van der Waals surface area contributed by atoms with Crippen LogP contribution in [0, 0.1) is 6.92 Å². The number of nitrogens with zero attached hydrogens (tertiary/aromatic N) is 3. The lowest BCUT2D eigenvalue weighted by atomic mass is 9.93. The molecule has 0 radical (unpaired) electrons. The maximum absolute atomic E-state index is 11.5. The average Bonchev–Trinajstić information content (AvgIpc) is 2.94. The average molecular weight is 516 g/mol. The van der Waals surface area contributed by atoms with Gasteiger partial charge in [0.05, 0.1) is 24.4 Å². The molecule has 2 heterocycles. The van der Waals surface area contributed by atoms with Gasteiger partial charge in [0, 0.05) is 37.7 Å². The van der Waals surface area contributed by atoms with Gasteiger partial charge in [0.2, 0.25) is 5.88 Å². The van der Waals surface area contributed by atoms with Crippen molar-refractivity contribution in [2.45, 2.75) is 65.2 Å². The molecule has 0 saturated heterocycles. The first-order valence-corrected chi connectivity index (χ1v) is 13.5. The molecule has 2 aromatic carbocycles. The molecule has 200 valence electrons. The molecule has 7 heteroatoms. The fourth-order valence-electron chi connectivity index (χ4n) is 4.59. The fourth-order valence-corrected chi connectivity index (χ4v) is 4.59. The summed E-state index contributed by atoms with van der Waals surface area (Å²) in [6.45, 7) is 5.46. The van der Waals surface area contributed by atoms with Gasteiger partial charge in [-0.15, -0.1) is 0 Å². The Morgan fingerprint density at radius 1 is 0.921 bits per heavy atom. The molecule has 0 aliphatic carbocycles. The van der Waals surface area contributed by atoms with Gasteiger partial charge in [0.15, 0.2) is 0 Å². The van der Waals surface area contributed by atoms with Crippen LogP contribution < -0.4 is 4.74 Å². The summed E-state index contributed by atoms with van der Waals surface area (Å²) in [6, 6.07) is 16.7. The molecule has 1 aromatic heterocycles. The molecule has 0 spiro atoms. The Hall–Kier alpha value is -3.58. The Kier molecular flexibility index (Phi) is 9.98. The Balaban J connectivity index is 1.57. The van der Waals surface area contributed by atoms with Gasteiger partial charge in [-0.1, -0.05) is 67.0 Å². The Morgan fingerprint density at radius 2 is 1.68 bits per heavy atom. The molecule has 38 heavy (non-hydrogen) atoms. The van der Waals surface area contributed by atoms with Crippen molar-refractivity contribution in [3.05, 3.63) is 76.7 Å². The van der Waals surface area contributed by atoms with E-state index in [1.807, 2.05) is 25.1 Å². The van der Waals surface area contributed by atoms with E-state index in [1.165, 1.54) is 5.56 Å². The normalized spacial score (nSPS) is 13.2. The van der Waals surface area contributed by atoms with Gasteiger partial charge in [-0.2, -0.15) is 4.98 Å². The van der Waals surface area contributed by atoms with E-state index >= 15 is 0 Å². The molecule has 0 N–H and O–H groups in total. The van der Waals surface area contributed by atoms with Gasteiger partial charge < -0.3 is 14.3 Å². The molecule has 0 amide bonds. The second-order valence-electron chi connectivity index (χ2n) is 9.57. The van der Waals surface area contributed by atoms with Crippen molar-refractivity contribution in [3.8, 4) is 17.0 Å². The van der Waals surface area contributed by atoms with Crippen molar-refractivity contribution in [2.75, 3.05) is 20.3 Å². The number of oxime groups is 1. The summed E-state index contributed by atoms with van der Waals surface area (Å²) in [5, 5.41) is 4.06. The summed E-state index contributed by atoms with van der Waals surface area (Å²) in [6.07, 6.45) is 6.60. The van der Waals surface area contributed by atoms with Crippen molar-refractivity contribution in [1.29, 1.82) is 0 Å². The van der Waals surface area contributed by atoms with Crippen LogP contribution in [0.3, 0.4) is 0 Å². The summed E-state index contributed by atoms with van der Waals surface area (Å²) in [7, 11) is 1.72. The zero-order valence-electron chi connectivity index (χ0n) is 22.7. The van der Waals surface area contributed by atoms with Crippen molar-refractivity contribution < 1.29 is 19.1 Å². The van der Waals surface area contributed by atoms with Crippen LogP contribution in [0.15, 0.2) is 53.7 Å². The summed E-state index contributed by atoms with van der Waals surface area (Å²) in [4.78, 5) is 25.9. The van der Waals surface area contributed by atoms with E-state index in [1.54, 1.807) is 7.11 Å². The summed E-state index contributed by atoms with van der Waals surface area (Å²) >= 11 is 0. The lowest BCUT2D eigenvalue weighted by Crippen LogP contribution is -2.14. The predicted octanol–water partition coefficient (Wildman–Crippen LogP) is 6.23. The molecule has 0 unspecified atom stereocenters. The van der Waals surface area contributed by atoms with E-state index in [-0.39, 0.29) is 5.97 Å². The maximum atomic E-state index is 11.5. The highest BCUT2D eigenvalue weighted by Gasteiger charge is 2.19. The minimum absolute atomic E-state index is 0.285. The number of unbranched alkanes of at least 4 members (excludes halogenated alkanes) is 2. The third-order valence-corrected chi connectivity index (χ3v) is 6.62. The number of hydrogen-bond donors (Lipinski definition) is 0. The summed E-state index contributed by atoms with van der Waals surface area (Å²) < 4.78 is 11.3. The minimum Gasteiger partial charge on any atom is -0.477 e. The number of methoxy groups -OCH3 is 1. The van der Waals surface area contributed by atoms with Crippen LogP contribution in [-0.2, 0) is 27.2 Å². The molecule has 0 bridgehead atoms. The number of carbonyl (C=O) groups is 1. The zero-order chi connectivity index (χ0) is 26.7. The first-order chi connectivity index (χ1) is 18.6. The molecule has 1 aliphatic rings. The number of ether oxygens (including phenoxy) is 2. The van der Waals surface area contributed by atoms with E-state index < -0.39 is 0 Å².